The molecule has 0 saturated carbocycles. The van der Waals surface area contributed by atoms with E-state index in [0.717, 1.165) is 24.0 Å². The van der Waals surface area contributed by atoms with Crippen LogP contribution in [0.1, 0.15) is 38.8 Å². The summed E-state index contributed by atoms with van der Waals surface area (Å²) in [5.41, 5.74) is 2.08. The predicted octanol–water partition coefficient (Wildman–Crippen LogP) is 2.20. The van der Waals surface area contributed by atoms with Crippen LogP contribution in [0.25, 0.3) is 0 Å². The molecular weight excluding hydrogens is 290 g/mol. The summed E-state index contributed by atoms with van der Waals surface area (Å²) in [6.07, 6.45) is 1.57. The maximum absolute atomic E-state index is 12.3. The van der Waals surface area contributed by atoms with E-state index >= 15 is 0 Å². The van der Waals surface area contributed by atoms with Crippen LogP contribution in [-0.2, 0) is 27.7 Å². The van der Waals surface area contributed by atoms with Crippen molar-refractivity contribution >= 4 is 16.0 Å². The number of carbonyl (C=O) groups is 1. The van der Waals surface area contributed by atoms with Gasteiger partial charge in [0.15, 0.2) is 0 Å². The molecule has 1 atom stereocenters. The molecule has 0 heterocycles. The highest BCUT2D eigenvalue weighted by atomic mass is 32.2. The molecule has 0 radical (unpaired) electrons. The van der Waals surface area contributed by atoms with Crippen LogP contribution in [0.15, 0.2) is 23.1 Å². The second-order valence-electron chi connectivity index (χ2n) is 5.32. The fraction of sp³-hybridized carbons (Fsp3) is 0.533. The third kappa shape index (κ3) is 4.28. The fourth-order valence-electron chi connectivity index (χ4n) is 2.15. The Morgan fingerprint density at radius 3 is 2.19 bits per heavy atom. The number of rotatable bonds is 7. The Morgan fingerprint density at radius 1 is 1.19 bits per heavy atom. The summed E-state index contributed by atoms with van der Waals surface area (Å²) in [6, 6.07) is 3.81. The molecule has 6 heteroatoms. The van der Waals surface area contributed by atoms with Gasteiger partial charge < -0.3 is 5.11 Å². The number of aryl methyl sites for hydroxylation is 2. The molecule has 2 N–H and O–H groups in total. The molecule has 0 aliphatic carbocycles. The van der Waals surface area contributed by atoms with Gasteiger partial charge in [-0.05, 0) is 42.0 Å². The molecule has 1 aromatic carbocycles. The predicted molar refractivity (Wildman–Crippen MR) is 81.8 cm³/mol. The number of sulfonamides is 1. The molecule has 0 amide bonds. The lowest BCUT2D eigenvalue weighted by atomic mass is 10.0. The Balaban J connectivity index is 3.16. The molecule has 0 spiro atoms. The van der Waals surface area contributed by atoms with Crippen molar-refractivity contribution in [2.24, 2.45) is 5.92 Å². The van der Waals surface area contributed by atoms with Crippen LogP contribution in [0.5, 0.6) is 0 Å². The zero-order valence-electron chi connectivity index (χ0n) is 12.9. The average Bonchev–Trinajstić information content (AvgIpc) is 2.43. The van der Waals surface area contributed by atoms with Gasteiger partial charge in [0.05, 0.1) is 4.90 Å². The number of benzene rings is 1. The van der Waals surface area contributed by atoms with E-state index in [1.54, 1.807) is 26.0 Å². The second-order valence-corrected chi connectivity index (χ2v) is 7.03. The zero-order chi connectivity index (χ0) is 16.2. The van der Waals surface area contributed by atoms with Gasteiger partial charge in [-0.1, -0.05) is 33.8 Å². The highest BCUT2D eigenvalue weighted by molar-refractivity contribution is 7.89. The van der Waals surface area contributed by atoms with Crippen molar-refractivity contribution in [3.05, 3.63) is 29.3 Å². The Labute approximate surface area is 126 Å². The van der Waals surface area contributed by atoms with Crippen molar-refractivity contribution in [2.75, 3.05) is 0 Å². The summed E-state index contributed by atoms with van der Waals surface area (Å²) in [7, 11) is -3.84. The molecule has 0 unspecified atom stereocenters. The maximum atomic E-state index is 12.3. The van der Waals surface area contributed by atoms with Gasteiger partial charge in [-0.15, -0.1) is 0 Å². The van der Waals surface area contributed by atoms with Crippen LogP contribution in [0.4, 0.5) is 0 Å². The number of hydrogen-bond donors (Lipinski definition) is 2. The zero-order valence-corrected chi connectivity index (χ0v) is 13.7. The minimum Gasteiger partial charge on any atom is -0.480 e. The van der Waals surface area contributed by atoms with Crippen molar-refractivity contribution in [3.8, 4) is 0 Å². The summed E-state index contributed by atoms with van der Waals surface area (Å²) in [5.74, 6) is -1.51. The third-order valence-corrected chi connectivity index (χ3v) is 4.90. The number of aliphatic carboxylic acids is 1. The Bertz CT molecular complexity index is 608. The second kappa shape index (κ2) is 7.04. The number of nitrogens with one attached hydrogen (secondary N) is 1. The van der Waals surface area contributed by atoms with E-state index in [2.05, 4.69) is 4.72 Å². The first-order valence-corrected chi connectivity index (χ1v) is 8.58. The summed E-state index contributed by atoms with van der Waals surface area (Å²) >= 11 is 0. The van der Waals surface area contributed by atoms with Gasteiger partial charge in [0.2, 0.25) is 10.0 Å². The molecule has 21 heavy (non-hydrogen) atoms. The van der Waals surface area contributed by atoms with Crippen LogP contribution >= 0.6 is 0 Å². The molecule has 0 aromatic heterocycles. The Kier molecular flexibility index (Phi) is 5.92. The number of carboxylic acid groups (broad SMARTS) is 1. The van der Waals surface area contributed by atoms with Gasteiger partial charge in [-0.3, -0.25) is 4.79 Å². The molecule has 0 fully saturated rings. The summed E-state index contributed by atoms with van der Waals surface area (Å²) in [5, 5.41) is 9.11. The highest BCUT2D eigenvalue weighted by Gasteiger charge is 2.28. The van der Waals surface area contributed by atoms with Gasteiger partial charge in [-0.25, -0.2) is 8.42 Å². The quantitative estimate of drug-likeness (QED) is 0.808. The van der Waals surface area contributed by atoms with E-state index in [0.29, 0.717) is 0 Å². The molecule has 118 valence electrons. The Hall–Kier alpha value is -1.40. The molecule has 1 rings (SSSR count). The minimum absolute atomic E-state index is 0.114. The fourth-order valence-corrected chi connectivity index (χ4v) is 3.54. The van der Waals surface area contributed by atoms with Crippen LogP contribution in [0, 0.1) is 5.92 Å². The van der Waals surface area contributed by atoms with Crippen molar-refractivity contribution < 1.29 is 18.3 Å². The summed E-state index contributed by atoms with van der Waals surface area (Å²) < 4.78 is 27.0. The minimum atomic E-state index is -3.84. The molecule has 0 aliphatic heterocycles. The van der Waals surface area contributed by atoms with Crippen molar-refractivity contribution in [3.63, 3.8) is 0 Å². The van der Waals surface area contributed by atoms with Crippen molar-refractivity contribution in [2.45, 2.75) is 51.5 Å². The van der Waals surface area contributed by atoms with E-state index in [1.807, 2.05) is 13.8 Å². The van der Waals surface area contributed by atoms with Crippen LogP contribution < -0.4 is 4.72 Å². The Morgan fingerprint density at radius 2 is 1.76 bits per heavy atom. The van der Waals surface area contributed by atoms with Crippen LogP contribution in [0.2, 0.25) is 0 Å². The van der Waals surface area contributed by atoms with E-state index < -0.39 is 22.0 Å². The van der Waals surface area contributed by atoms with E-state index in [1.165, 1.54) is 6.07 Å². The number of carboxylic acids is 1. The first-order chi connectivity index (χ1) is 9.72. The monoisotopic (exact) mass is 313 g/mol. The van der Waals surface area contributed by atoms with Gasteiger partial charge in [0.1, 0.15) is 6.04 Å². The topological polar surface area (TPSA) is 83.5 Å². The molecule has 0 saturated heterocycles. The van der Waals surface area contributed by atoms with Crippen molar-refractivity contribution in [1.29, 1.82) is 0 Å². The van der Waals surface area contributed by atoms with Gasteiger partial charge >= 0.3 is 5.97 Å². The van der Waals surface area contributed by atoms with E-state index in [4.69, 9.17) is 5.11 Å². The standard InChI is InChI=1S/C15H23NO4S/c1-5-11-7-8-13(9-12(11)6-2)21(19,20)16-14(10(3)4)15(17)18/h7-10,14,16H,5-6H2,1-4H3,(H,17,18)/t14-/m1/s1. The van der Waals surface area contributed by atoms with Crippen LogP contribution in [0.3, 0.4) is 0 Å². The third-order valence-electron chi connectivity index (χ3n) is 3.46. The molecular formula is C15H23NO4S. The lowest BCUT2D eigenvalue weighted by Crippen LogP contribution is -2.44. The largest absolute Gasteiger partial charge is 0.480 e. The lowest BCUT2D eigenvalue weighted by molar-refractivity contribution is -0.140. The van der Waals surface area contributed by atoms with E-state index in [9.17, 15) is 13.2 Å². The number of hydrogen-bond acceptors (Lipinski definition) is 3. The van der Waals surface area contributed by atoms with Gasteiger partial charge in [0.25, 0.3) is 0 Å². The smallest absolute Gasteiger partial charge is 0.322 e. The first kappa shape index (κ1) is 17.7. The highest BCUT2D eigenvalue weighted by Crippen LogP contribution is 2.18. The van der Waals surface area contributed by atoms with Gasteiger partial charge in [-0.2, -0.15) is 4.72 Å². The van der Waals surface area contributed by atoms with Crippen LogP contribution in [-0.4, -0.2) is 25.5 Å². The summed E-state index contributed by atoms with van der Waals surface area (Å²) in [6.45, 7) is 7.31. The normalized spacial score (nSPS) is 13.4. The SMILES string of the molecule is CCc1ccc(S(=O)(=O)N[C@@H](C(=O)O)C(C)C)cc1CC. The van der Waals surface area contributed by atoms with Crippen molar-refractivity contribution in [1.82, 2.24) is 4.72 Å². The van der Waals surface area contributed by atoms with Gasteiger partial charge in [0, 0.05) is 0 Å². The maximum Gasteiger partial charge on any atom is 0.322 e. The first-order valence-electron chi connectivity index (χ1n) is 7.09. The molecule has 0 bridgehead atoms. The lowest BCUT2D eigenvalue weighted by Gasteiger charge is -2.18. The molecule has 5 nitrogen and oxygen atoms in total. The summed E-state index contributed by atoms with van der Waals surface area (Å²) in [4.78, 5) is 11.3. The molecule has 1 aromatic rings. The average molecular weight is 313 g/mol. The molecule has 0 aliphatic rings. The van der Waals surface area contributed by atoms with E-state index in [-0.39, 0.29) is 10.8 Å².